The Morgan fingerprint density at radius 3 is 2.47 bits per heavy atom. The van der Waals surface area contributed by atoms with Crippen molar-refractivity contribution in [3.8, 4) is 11.5 Å². The van der Waals surface area contributed by atoms with Crippen molar-refractivity contribution in [3.63, 3.8) is 0 Å². The maximum atomic E-state index is 12.7. The Morgan fingerprint density at radius 1 is 1.00 bits per heavy atom. The van der Waals surface area contributed by atoms with Gasteiger partial charge in [0, 0.05) is 44.0 Å². The number of hydrogen-bond acceptors (Lipinski definition) is 4. The van der Waals surface area contributed by atoms with Crippen LogP contribution >= 0.6 is 0 Å². The molecule has 6 nitrogen and oxygen atoms in total. The number of urea groups is 1. The minimum atomic E-state index is -0.0349. The predicted molar refractivity (Wildman–Crippen MR) is 118 cm³/mol. The molecule has 0 spiro atoms. The average molecular weight is 405 g/mol. The molecule has 1 N–H and O–H groups in total. The van der Waals surface area contributed by atoms with E-state index in [4.69, 9.17) is 9.40 Å². The zero-order chi connectivity index (χ0) is 21.1. The number of oxazole rings is 1. The first-order valence-corrected chi connectivity index (χ1v) is 10.4. The quantitative estimate of drug-likeness (QED) is 0.689. The van der Waals surface area contributed by atoms with E-state index in [1.807, 2.05) is 61.2 Å². The summed E-state index contributed by atoms with van der Waals surface area (Å²) in [5.74, 6) is 1.51. The van der Waals surface area contributed by atoms with E-state index in [2.05, 4.69) is 23.2 Å². The third-order valence-corrected chi connectivity index (χ3v) is 5.79. The number of aryl methyl sites for hydroxylation is 2. The Bertz CT molecular complexity index is 1020. The summed E-state index contributed by atoms with van der Waals surface area (Å²) in [5, 5.41) is 3.06. The summed E-state index contributed by atoms with van der Waals surface area (Å²) in [6.07, 6.45) is 0. The molecule has 6 heteroatoms. The zero-order valence-corrected chi connectivity index (χ0v) is 17.8. The summed E-state index contributed by atoms with van der Waals surface area (Å²) >= 11 is 0. The largest absolute Gasteiger partial charge is 0.441 e. The molecule has 0 atom stereocenters. The van der Waals surface area contributed by atoms with E-state index in [1.54, 1.807) is 0 Å². The van der Waals surface area contributed by atoms with Crippen LogP contribution in [0.1, 0.15) is 22.6 Å². The highest BCUT2D eigenvalue weighted by Crippen LogP contribution is 2.23. The van der Waals surface area contributed by atoms with Crippen molar-refractivity contribution in [2.24, 2.45) is 0 Å². The first-order chi connectivity index (χ1) is 14.5. The fourth-order valence-corrected chi connectivity index (χ4v) is 3.68. The summed E-state index contributed by atoms with van der Waals surface area (Å²) in [6.45, 7) is 9.79. The summed E-state index contributed by atoms with van der Waals surface area (Å²) in [4.78, 5) is 21.6. The van der Waals surface area contributed by atoms with E-state index in [0.29, 0.717) is 19.0 Å². The Kier molecular flexibility index (Phi) is 5.86. The zero-order valence-electron chi connectivity index (χ0n) is 17.8. The van der Waals surface area contributed by atoms with Crippen molar-refractivity contribution < 1.29 is 9.21 Å². The molecule has 1 aliphatic heterocycles. The van der Waals surface area contributed by atoms with Gasteiger partial charge in [-0.25, -0.2) is 9.78 Å². The predicted octanol–water partition coefficient (Wildman–Crippen LogP) is 4.62. The normalized spacial score (nSPS) is 14.7. The molecular formula is C24H28N4O2. The van der Waals surface area contributed by atoms with Crippen LogP contribution in [0.4, 0.5) is 10.5 Å². The number of piperazine rings is 1. The van der Waals surface area contributed by atoms with Gasteiger partial charge < -0.3 is 14.6 Å². The van der Waals surface area contributed by atoms with Crippen LogP contribution in [0.15, 0.2) is 52.9 Å². The van der Waals surface area contributed by atoms with E-state index in [9.17, 15) is 4.79 Å². The second-order valence-electron chi connectivity index (χ2n) is 7.83. The van der Waals surface area contributed by atoms with Gasteiger partial charge in [-0.15, -0.1) is 0 Å². The smallest absolute Gasteiger partial charge is 0.321 e. The van der Waals surface area contributed by atoms with Gasteiger partial charge in [-0.2, -0.15) is 0 Å². The van der Waals surface area contributed by atoms with Crippen molar-refractivity contribution in [1.29, 1.82) is 0 Å². The molecule has 1 aliphatic rings. The van der Waals surface area contributed by atoms with Crippen molar-refractivity contribution in [1.82, 2.24) is 14.8 Å². The molecule has 0 aliphatic carbocycles. The van der Waals surface area contributed by atoms with Crippen molar-refractivity contribution in [2.45, 2.75) is 27.3 Å². The van der Waals surface area contributed by atoms with Crippen LogP contribution < -0.4 is 5.32 Å². The second-order valence-corrected chi connectivity index (χ2v) is 7.83. The molecule has 0 radical (unpaired) electrons. The molecule has 1 saturated heterocycles. The lowest BCUT2D eigenvalue weighted by atomic mass is 10.1. The van der Waals surface area contributed by atoms with Gasteiger partial charge in [-0.3, -0.25) is 4.90 Å². The number of aromatic nitrogens is 1. The van der Waals surface area contributed by atoms with Gasteiger partial charge in [0.05, 0.1) is 5.69 Å². The first kappa shape index (κ1) is 20.2. The minimum Gasteiger partial charge on any atom is -0.441 e. The maximum Gasteiger partial charge on any atom is 0.321 e. The third-order valence-electron chi connectivity index (χ3n) is 5.79. The van der Waals surface area contributed by atoms with Crippen LogP contribution in [0, 0.1) is 20.8 Å². The van der Waals surface area contributed by atoms with Crippen LogP contribution in [-0.2, 0) is 6.54 Å². The second kappa shape index (κ2) is 8.71. The minimum absolute atomic E-state index is 0.0349. The number of nitrogens with one attached hydrogen (secondary N) is 1. The molecular weight excluding hydrogens is 376 g/mol. The van der Waals surface area contributed by atoms with Crippen molar-refractivity contribution in [2.75, 3.05) is 31.5 Å². The fourth-order valence-electron chi connectivity index (χ4n) is 3.68. The van der Waals surface area contributed by atoms with Gasteiger partial charge in [0.15, 0.2) is 0 Å². The highest BCUT2D eigenvalue weighted by atomic mass is 16.4. The third kappa shape index (κ3) is 4.39. The van der Waals surface area contributed by atoms with Gasteiger partial charge in [0.1, 0.15) is 5.76 Å². The highest BCUT2D eigenvalue weighted by Gasteiger charge is 2.23. The Hall–Kier alpha value is -3.12. The van der Waals surface area contributed by atoms with Crippen molar-refractivity contribution >= 4 is 11.7 Å². The van der Waals surface area contributed by atoms with Gasteiger partial charge in [-0.1, -0.05) is 30.3 Å². The molecule has 3 aromatic rings. The highest BCUT2D eigenvalue weighted by molar-refractivity contribution is 5.90. The number of carbonyl (C=O) groups excluding carboxylic acids is 1. The Labute approximate surface area is 177 Å². The van der Waals surface area contributed by atoms with Gasteiger partial charge in [0.2, 0.25) is 5.89 Å². The molecule has 4 rings (SSSR count). The Morgan fingerprint density at radius 2 is 1.73 bits per heavy atom. The number of amides is 2. The standard InChI is InChI=1S/C24H28N4O2/c1-17-8-7-11-21(18(17)2)26-24(29)28-14-12-27(13-15-28)16-22-19(3)30-23(25-22)20-9-5-4-6-10-20/h4-11H,12-16H2,1-3H3,(H,26,29). The van der Waals surface area contributed by atoms with Crippen molar-refractivity contribution in [3.05, 3.63) is 71.1 Å². The molecule has 2 aromatic carbocycles. The molecule has 2 amide bonds. The van der Waals surface area contributed by atoms with Crippen LogP contribution in [0.2, 0.25) is 0 Å². The van der Waals surface area contributed by atoms with Crippen LogP contribution in [0.25, 0.3) is 11.5 Å². The van der Waals surface area contributed by atoms with E-state index >= 15 is 0 Å². The Balaban J connectivity index is 1.33. The lowest BCUT2D eigenvalue weighted by Gasteiger charge is -2.34. The lowest BCUT2D eigenvalue weighted by Crippen LogP contribution is -2.49. The van der Waals surface area contributed by atoms with E-state index in [0.717, 1.165) is 47.9 Å². The molecule has 156 valence electrons. The number of benzene rings is 2. The topological polar surface area (TPSA) is 61.6 Å². The van der Waals surface area contributed by atoms with E-state index in [-0.39, 0.29) is 6.03 Å². The van der Waals surface area contributed by atoms with Gasteiger partial charge in [0.25, 0.3) is 0 Å². The molecule has 1 fully saturated rings. The molecule has 30 heavy (non-hydrogen) atoms. The van der Waals surface area contributed by atoms with Crippen LogP contribution in [0.5, 0.6) is 0 Å². The SMILES string of the molecule is Cc1cccc(NC(=O)N2CCN(Cc3nc(-c4ccccc4)oc3C)CC2)c1C. The summed E-state index contributed by atoms with van der Waals surface area (Å²) < 4.78 is 5.88. The number of nitrogens with zero attached hydrogens (tertiary/aromatic N) is 3. The molecule has 0 bridgehead atoms. The summed E-state index contributed by atoms with van der Waals surface area (Å²) in [6, 6.07) is 15.9. The van der Waals surface area contributed by atoms with E-state index < -0.39 is 0 Å². The lowest BCUT2D eigenvalue weighted by molar-refractivity contribution is 0.141. The van der Waals surface area contributed by atoms with Crippen LogP contribution in [-0.4, -0.2) is 47.0 Å². The first-order valence-electron chi connectivity index (χ1n) is 10.4. The molecule has 2 heterocycles. The molecule has 1 aromatic heterocycles. The van der Waals surface area contributed by atoms with E-state index in [1.165, 1.54) is 5.56 Å². The number of rotatable bonds is 4. The number of anilines is 1. The average Bonchev–Trinajstić information content (AvgIpc) is 3.13. The van der Waals surface area contributed by atoms with Gasteiger partial charge in [-0.05, 0) is 50.1 Å². The summed E-state index contributed by atoms with van der Waals surface area (Å²) in [5.41, 5.74) is 5.12. The number of carbonyl (C=O) groups is 1. The van der Waals surface area contributed by atoms with Gasteiger partial charge >= 0.3 is 6.03 Å². The molecule has 0 saturated carbocycles. The fraction of sp³-hybridized carbons (Fsp3) is 0.333. The number of hydrogen-bond donors (Lipinski definition) is 1. The van der Waals surface area contributed by atoms with Crippen LogP contribution in [0.3, 0.4) is 0 Å². The summed E-state index contributed by atoms with van der Waals surface area (Å²) in [7, 11) is 0. The molecule has 0 unspecified atom stereocenters. The monoisotopic (exact) mass is 404 g/mol. The maximum absolute atomic E-state index is 12.7.